The number of ketones is 2. The number of rotatable bonds is 19. The summed E-state index contributed by atoms with van der Waals surface area (Å²) in [6, 6.07) is 18.8. The Kier molecular flexibility index (Phi) is 13.0. The van der Waals surface area contributed by atoms with Crippen molar-refractivity contribution in [2.24, 2.45) is 29.0 Å². The van der Waals surface area contributed by atoms with Crippen molar-refractivity contribution >= 4 is 53.4 Å². The van der Waals surface area contributed by atoms with E-state index in [1.54, 1.807) is 96.7 Å². The van der Waals surface area contributed by atoms with E-state index in [0.717, 1.165) is 0 Å². The van der Waals surface area contributed by atoms with Crippen LogP contribution in [0.1, 0.15) is 85.8 Å². The van der Waals surface area contributed by atoms with E-state index in [9.17, 15) is 41.1 Å². The van der Waals surface area contributed by atoms with Crippen molar-refractivity contribution in [3.05, 3.63) is 152 Å². The molecule has 0 bridgehead atoms. The van der Waals surface area contributed by atoms with E-state index in [1.807, 2.05) is 6.92 Å². The lowest BCUT2D eigenvalue weighted by molar-refractivity contribution is -0.151. The molecule has 0 amide bonds. The molecule has 0 saturated heterocycles. The van der Waals surface area contributed by atoms with E-state index in [-0.39, 0.29) is 92.8 Å². The number of Topliss-reactive ketones (excluding diaryl/α,β-unsaturated/α-hetero) is 2. The molecular formula is C56H59N13O11S2. The largest absolute Gasteiger partial charge is 0.396 e. The molecule has 12 rings (SSSR count). The van der Waals surface area contributed by atoms with E-state index in [0.29, 0.717) is 76.6 Å². The van der Waals surface area contributed by atoms with Crippen molar-refractivity contribution in [3.8, 4) is 22.3 Å². The number of sulfonamides is 2. The highest BCUT2D eigenvalue weighted by molar-refractivity contribution is 7.89. The van der Waals surface area contributed by atoms with E-state index in [1.165, 1.54) is 47.6 Å². The number of aromatic nitrogens is 8. The highest BCUT2D eigenvalue weighted by Crippen LogP contribution is 2.46. The number of carbonyl (C=O) groups excluding carboxylic acids is 2. The highest BCUT2D eigenvalue weighted by atomic mass is 32.2. The third kappa shape index (κ3) is 9.91. The van der Waals surface area contributed by atoms with Gasteiger partial charge in [0.1, 0.15) is 19.8 Å². The molecule has 4 aromatic heterocycles. The van der Waals surface area contributed by atoms with Crippen LogP contribution in [0.5, 0.6) is 0 Å². The molecule has 8 aromatic rings. The van der Waals surface area contributed by atoms with Crippen molar-refractivity contribution in [2.75, 3.05) is 14.2 Å². The zero-order valence-electron chi connectivity index (χ0n) is 45.4. The van der Waals surface area contributed by atoms with Crippen LogP contribution in [0.3, 0.4) is 0 Å². The second-order valence-corrected chi connectivity index (χ2v) is 26.0. The molecule has 82 heavy (non-hydrogen) atoms. The molecule has 24 nitrogen and oxygen atoms in total. The zero-order chi connectivity index (χ0) is 57.9. The van der Waals surface area contributed by atoms with E-state index < -0.39 is 53.4 Å². The molecule has 26 heteroatoms. The minimum atomic E-state index is -4.37. The van der Waals surface area contributed by atoms with Gasteiger partial charge in [0, 0.05) is 71.3 Å². The van der Waals surface area contributed by atoms with Gasteiger partial charge in [0.15, 0.2) is 11.6 Å². The Balaban J connectivity index is 0.840. The van der Waals surface area contributed by atoms with E-state index in [2.05, 4.69) is 39.9 Å². The van der Waals surface area contributed by atoms with Crippen molar-refractivity contribution in [3.63, 3.8) is 0 Å². The van der Waals surface area contributed by atoms with Gasteiger partial charge in [-0.15, -0.1) is 0 Å². The molecule has 3 atom stereocenters. The molecule has 4 fully saturated rings. The molecule has 4 saturated carbocycles. The van der Waals surface area contributed by atoms with Crippen molar-refractivity contribution < 1.29 is 41.2 Å². The van der Waals surface area contributed by atoms with Crippen LogP contribution >= 0.6 is 0 Å². The molecule has 426 valence electrons. The number of hydrogen-bond acceptors (Lipinski definition) is 16. The quantitative estimate of drug-likeness (QED) is 0.0501. The third-order valence-corrected chi connectivity index (χ3v) is 19.6. The summed E-state index contributed by atoms with van der Waals surface area (Å²) in [5, 5.41) is 28.2. The summed E-state index contributed by atoms with van der Waals surface area (Å²) in [5.74, 6) is -0.740. The van der Waals surface area contributed by atoms with Crippen molar-refractivity contribution in [1.82, 2.24) is 48.1 Å². The average Bonchev–Trinajstić information content (AvgIpc) is 2.29. The molecule has 4 aliphatic rings. The van der Waals surface area contributed by atoms with Gasteiger partial charge in [-0.1, -0.05) is 48.5 Å². The fraction of sp³-hybridized carbons (Fsp3) is 0.357. The molecule has 0 spiro atoms. The summed E-state index contributed by atoms with van der Waals surface area (Å²) < 4.78 is 68.9. The Morgan fingerprint density at radius 3 is 1.74 bits per heavy atom. The first-order chi connectivity index (χ1) is 38.9. The number of aryl methyl sites for hydroxylation is 1. The van der Waals surface area contributed by atoms with Crippen molar-refractivity contribution in [2.45, 2.75) is 110 Å². The van der Waals surface area contributed by atoms with Crippen LogP contribution in [0, 0.1) is 5.92 Å². The Morgan fingerprint density at radius 1 is 0.744 bits per heavy atom. The van der Waals surface area contributed by atoms with Gasteiger partial charge in [-0.3, -0.25) is 37.7 Å². The summed E-state index contributed by atoms with van der Waals surface area (Å²) in [6.45, 7) is 3.80. The fourth-order valence-corrected chi connectivity index (χ4v) is 13.9. The topological polar surface area (TPSA) is 327 Å². The van der Waals surface area contributed by atoms with Gasteiger partial charge in [-0.25, -0.2) is 26.3 Å². The predicted octanol–water partition coefficient (Wildman–Crippen LogP) is 3.07. The number of hydrogen-bond donors (Lipinski definition) is 6. The monoisotopic (exact) mass is 1150 g/mol. The van der Waals surface area contributed by atoms with Crippen LogP contribution in [0.2, 0.25) is 0 Å². The second kappa shape index (κ2) is 19.5. The fourth-order valence-electron chi connectivity index (χ4n) is 10.8. The first kappa shape index (κ1) is 54.4. The minimum Gasteiger partial charge on any atom is -0.396 e. The molecule has 3 unspecified atom stereocenters. The molecular weight excluding hydrogens is 1090 g/mol. The minimum absolute atomic E-state index is 0.0105. The van der Waals surface area contributed by atoms with Gasteiger partial charge in [0.2, 0.25) is 31.3 Å². The maximum Gasteiger partial charge on any atom is 0.263 e. The lowest BCUT2D eigenvalue weighted by atomic mass is 9.73. The summed E-state index contributed by atoms with van der Waals surface area (Å²) in [6.07, 6.45) is 10.1. The Morgan fingerprint density at radius 2 is 1.27 bits per heavy atom. The molecule has 4 aromatic carbocycles. The van der Waals surface area contributed by atoms with Crippen molar-refractivity contribution in [1.29, 1.82) is 0 Å². The third-order valence-electron chi connectivity index (χ3n) is 16.4. The first-order valence-electron chi connectivity index (χ1n) is 26.6. The number of nitrogens with one attached hydrogen (secondary N) is 4. The van der Waals surface area contributed by atoms with Gasteiger partial charge in [-0.2, -0.15) is 10.2 Å². The Hall–Kier alpha value is -8.14. The highest BCUT2D eigenvalue weighted by Gasteiger charge is 2.53. The molecule has 4 aliphatic carbocycles. The normalized spacial score (nSPS) is 21.2. The van der Waals surface area contributed by atoms with Crippen LogP contribution in [-0.2, 0) is 66.8 Å². The van der Waals surface area contributed by atoms with Crippen LogP contribution < -0.4 is 37.5 Å². The lowest BCUT2D eigenvalue weighted by Gasteiger charge is -2.35. The number of fused-ring (bicyclic) bond motifs is 2. The number of nitrogens with zero attached hydrogens (tertiary/aromatic N) is 8. The second-order valence-electron chi connectivity index (χ2n) is 22.6. The zero-order valence-corrected chi connectivity index (χ0v) is 47.0. The Labute approximate surface area is 468 Å². The van der Waals surface area contributed by atoms with Gasteiger partial charge >= 0.3 is 0 Å². The van der Waals surface area contributed by atoms with Crippen LogP contribution in [0.15, 0.2) is 127 Å². The number of carbonyl (C=O) groups is 2. The number of nitrogens with two attached hydrogens (primary N) is 1. The molecule has 0 radical (unpaired) electrons. The number of aliphatic hydroxyl groups is 1. The molecule has 7 N–H and O–H groups in total. The SMILES string of the molecule is CO/N=c1\[nH]c2c(-c3ccc(C(=O)C4(N)CC4)cc3)cc(S(=O)(=O)NC3(C)CC3)cc2c(=O)n1Cc1cnn(CC2CC2(C)NS(=O)(=O)c2cc(-c3ccc(C4(O)CCC4=O)cc3)c3[nH]/c(=N\OC)n(Cc4cnn(C)c4)c(=O)c3c2)c1. The average molecular weight is 1150 g/mol. The Bertz CT molecular complexity index is 4490. The smallest absolute Gasteiger partial charge is 0.263 e. The van der Waals surface area contributed by atoms with Crippen LogP contribution in [-0.4, -0.2) is 103 Å². The van der Waals surface area contributed by atoms with E-state index >= 15 is 0 Å². The number of benzene rings is 4. The summed E-state index contributed by atoms with van der Waals surface area (Å²) in [5.41, 5.74) is 5.30. The standard InChI is InChI=1S/C56H59N13O11S2/c1-53(16-17-53)64-81(75,76)39-20-41(34-6-8-36(9-7-34)48(71)55(57)18-19-55)46-43(22-39)50(73)69(52(60-46)63-80-5)30-33-26-59-67(28-33)31-38-24-54(38,2)65-82(77,78)40-21-42(35-10-12-37(13-11-35)56(74)15-14-45(56)70)47-44(23-40)49(72)68(51(61-47)62-79-4)29-32-25-58-66(3)27-32/h6-13,20-23,25-28,38,64-65,74H,14-19,24,29-31,57H2,1-5H3,(H,60,63)(H,61,62). The summed E-state index contributed by atoms with van der Waals surface area (Å²) >= 11 is 0. The predicted molar refractivity (Wildman–Crippen MR) is 298 cm³/mol. The van der Waals surface area contributed by atoms with Crippen LogP contribution in [0.4, 0.5) is 0 Å². The number of aromatic amines is 2. The maximum atomic E-state index is 14.8. The summed E-state index contributed by atoms with van der Waals surface area (Å²) in [7, 11) is -4.10. The van der Waals surface area contributed by atoms with E-state index in [4.69, 9.17) is 15.4 Å². The lowest BCUT2D eigenvalue weighted by Crippen LogP contribution is -2.44. The molecule has 0 aliphatic heterocycles. The van der Waals surface area contributed by atoms with Crippen LogP contribution in [0.25, 0.3) is 44.1 Å². The number of H-pyrrole nitrogens is 2. The van der Waals surface area contributed by atoms with Gasteiger partial charge < -0.3 is 30.5 Å². The summed E-state index contributed by atoms with van der Waals surface area (Å²) in [4.78, 5) is 71.4. The molecule has 4 heterocycles. The van der Waals surface area contributed by atoms with Gasteiger partial charge in [-0.05, 0) is 110 Å². The van der Waals surface area contributed by atoms with Gasteiger partial charge in [0.25, 0.3) is 11.1 Å². The maximum absolute atomic E-state index is 14.8. The van der Waals surface area contributed by atoms with Gasteiger partial charge in [0.05, 0.1) is 62.6 Å². The first-order valence-corrected chi connectivity index (χ1v) is 29.5.